The Morgan fingerprint density at radius 3 is 2.11 bits per heavy atom. The Hall–Kier alpha value is -3.78. The maximum Gasteiger partial charge on any atom is 0.323 e. The highest BCUT2D eigenvalue weighted by molar-refractivity contribution is 7.89. The van der Waals surface area contributed by atoms with Gasteiger partial charge in [-0.15, -0.1) is 0 Å². The van der Waals surface area contributed by atoms with Crippen LogP contribution in [0, 0.1) is 17.6 Å². The number of benzene rings is 3. The number of carbonyl (C=O) groups is 1. The smallest absolute Gasteiger partial charge is 0.323 e. The molecule has 44 heavy (non-hydrogen) atoms. The highest BCUT2D eigenvalue weighted by Gasteiger charge is 2.23. The summed E-state index contributed by atoms with van der Waals surface area (Å²) < 4.78 is 60.4. The standard InChI is InChI=1S/C31H33F2N5O4S2/c32-25-7-1-22(2-8-25)28(23-3-9-26(33)10-4-23)14-18-38(17-13-21-15-19-42-20-16-21)31(39)36-30-35-29(37-43-30)24-5-11-27(12-6-24)44(34,40)41/h1-12,21,28H,13-20H2,(H2,34,40,41)(H,35,36,37,39). The van der Waals surface area contributed by atoms with Crippen LogP contribution in [-0.2, 0) is 14.8 Å². The summed E-state index contributed by atoms with van der Waals surface area (Å²) in [5.74, 6) is -0.102. The maximum absolute atomic E-state index is 13.7. The molecule has 4 aromatic rings. The van der Waals surface area contributed by atoms with Crippen LogP contribution in [0.5, 0.6) is 0 Å². The zero-order chi connectivity index (χ0) is 31.1. The second-order valence-corrected chi connectivity index (χ2v) is 13.0. The fraction of sp³-hybridized carbons (Fsp3) is 0.323. The zero-order valence-electron chi connectivity index (χ0n) is 23.9. The Morgan fingerprint density at radius 2 is 1.55 bits per heavy atom. The average Bonchev–Trinajstić information content (AvgIpc) is 3.49. The van der Waals surface area contributed by atoms with E-state index in [9.17, 15) is 22.0 Å². The molecule has 2 heterocycles. The summed E-state index contributed by atoms with van der Waals surface area (Å²) >= 11 is 1.02. The van der Waals surface area contributed by atoms with Crippen molar-refractivity contribution >= 4 is 32.7 Å². The minimum absolute atomic E-state index is 0.0234. The number of urea groups is 1. The fourth-order valence-corrected chi connectivity index (χ4v) is 6.34. The number of nitrogens with two attached hydrogens (primary N) is 1. The molecule has 3 aromatic carbocycles. The molecule has 1 aromatic heterocycles. The molecule has 2 amide bonds. The topological polar surface area (TPSA) is 128 Å². The third-order valence-corrected chi connectivity index (χ3v) is 9.31. The lowest BCUT2D eigenvalue weighted by atomic mass is 9.88. The van der Waals surface area contributed by atoms with Gasteiger partial charge in [0.1, 0.15) is 11.6 Å². The van der Waals surface area contributed by atoms with Gasteiger partial charge in [-0.1, -0.05) is 24.3 Å². The van der Waals surface area contributed by atoms with Gasteiger partial charge in [0.15, 0.2) is 5.82 Å². The van der Waals surface area contributed by atoms with E-state index in [0.717, 1.165) is 41.9 Å². The molecule has 1 aliphatic rings. The monoisotopic (exact) mass is 641 g/mol. The van der Waals surface area contributed by atoms with Crippen molar-refractivity contribution in [1.29, 1.82) is 0 Å². The number of aromatic nitrogens is 2. The van der Waals surface area contributed by atoms with Gasteiger partial charge < -0.3 is 9.64 Å². The predicted molar refractivity (Wildman–Crippen MR) is 165 cm³/mol. The minimum atomic E-state index is -3.83. The van der Waals surface area contributed by atoms with Crippen LogP contribution in [0.4, 0.5) is 18.7 Å². The molecule has 0 atom stereocenters. The fourth-order valence-electron chi connectivity index (χ4n) is 5.25. The molecule has 0 spiro atoms. The SMILES string of the molecule is NS(=O)(=O)c1ccc(-c2nsc(NC(=O)N(CCC3CCOCC3)CCC(c3ccc(F)cc3)c3ccc(F)cc3)n2)cc1. The van der Waals surface area contributed by atoms with E-state index >= 15 is 0 Å². The van der Waals surface area contributed by atoms with Crippen LogP contribution in [0.25, 0.3) is 11.4 Å². The number of primary sulfonamides is 1. The number of anilines is 1. The van der Waals surface area contributed by atoms with Crippen molar-refractivity contribution < 1.29 is 26.7 Å². The number of carbonyl (C=O) groups excluding carboxylic acids is 1. The summed E-state index contributed by atoms with van der Waals surface area (Å²) in [6, 6.07) is 18.0. The van der Waals surface area contributed by atoms with Gasteiger partial charge in [-0.3, -0.25) is 5.32 Å². The lowest BCUT2D eigenvalue weighted by Gasteiger charge is -2.29. The van der Waals surface area contributed by atoms with Crippen LogP contribution < -0.4 is 10.5 Å². The minimum Gasteiger partial charge on any atom is -0.381 e. The highest BCUT2D eigenvalue weighted by atomic mass is 32.2. The van der Waals surface area contributed by atoms with Gasteiger partial charge in [0.2, 0.25) is 15.2 Å². The third-order valence-electron chi connectivity index (χ3n) is 7.75. The molecular weight excluding hydrogens is 609 g/mol. The van der Waals surface area contributed by atoms with E-state index in [1.165, 1.54) is 36.4 Å². The number of ether oxygens (including phenoxy) is 1. The lowest BCUT2D eigenvalue weighted by Crippen LogP contribution is -2.38. The van der Waals surface area contributed by atoms with E-state index in [4.69, 9.17) is 9.88 Å². The van der Waals surface area contributed by atoms with E-state index in [0.29, 0.717) is 55.2 Å². The van der Waals surface area contributed by atoms with E-state index in [1.807, 2.05) is 0 Å². The quantitative estimate of drug-likeness (QED) is 0.207. The number of rotatable bonds is 11. The second-order valence-electron chi connectivity index (χ2n) is 10.7. The molecule has 0 bridgehead atoms. The van der Waals surface area contributed by atoms with Crippen LogP contribution in [-0.4, -0.2) is 55.0 Å². The highest BCUT2D eigenvalue weighted by Crippen LogP contribution is 2.30. The summed E-state index contributed by atoms with van der Waals surface area (Å²) in [4.78, 5) is 19.8. The number of halogens is 2. The van der Waals surface area contributed by atoms with Gasteiger partial charge in [0.25, 0.3) is 0 Å². The molecule has 5 rings (SSSR count). The Labute approximate surface area is 259 Å². The summed E-state index contributed by atoms with van der Waals surface area (Å²) in [7, 11) is -3.83. The van der Waals surface area contributed by atoms with Crippen molar-refractivity contribution in [3.8, 4) is 11.4 Å². The molecule has 0 aliphatic carbocycles. The summed E-state index contributed by atoms with van der Waals surface area (Å²) in [6.07, 6.45) is 3.21. The second kappa shape index (κ2) is 14.3. The first-order valence-corrected chi connectivity index (χ1v) is 16.6. The summed E-state index contributed by atoms with van der Waals surface area (Å²) in [5, 5.41) is 8.34. The lowest BCUT2D eigenvalue weighted by molar-refractivity contribution is 0.0614. The van der Waals surface area contributed by atoms with E-state index < -0.39 is 10.0 Å². The van der Waals surface area contributed by atoms with Gasteiger partial charge in [0.05, 0.1) is 4.90 Å². The van der Waals surface area contributed by atoms with E-state index in [2.05, 4.69) is 14.7 Å². The molecule has 1 aliphatic heterocycles. The van der Waals surface area contributed by atoms with Crippen molar-refractivity contribution in [3.05, 3.63) is 95.6 Å². The third kappa shape index (κ3) is 8.44. The van der Waals surface area contributed by atoms with Gasteiger partial charge in [-0.25, -0.2) is 27.1 Å². The van der Waals surface area contributed by atoms with Crippen LogP contribution in [0.15, 0.2) is 77.7 Å². The average molecular weight is 642 g/mol. The van der Waals surface area contributed by atoms with Crippen molar-refractivity contribution in [3.63, 3.8) is 0 Å². The molecule has 1 saturated heterocycles. The first-order valence-electron chi connectivity index (χ1n) is 14.3. The Kier molecular flexibility index (Phi) is 10.3. The molecule has 0 unspecified atom stereocenters. The van der Waals surface area contributed by atoms with Gasteiger partial charge in [0, 0.05) is 49.3 Å². The molecule has 13 heteroatoms. The zero-order valence-corrected chi connectivity index (χ0v) is 25.5. The van der Waals surface area contributed by atoms with Gasteiger partial charge in [-0.05, 0) is 91.3 Å². The Morgan fingerprint density at radius 1 is 0.955 bits per heavy atom. The largest absolute Gasteiger partial charge is 0.381 e. The number of amides is 2. The number of hydrogen-bond donors (Lipinski definition) is 2. The first-order chi connectivity index (χ1) is 21.2. The molecular formula is C31H33F2N5O4S2. The van der Waals surface area contributed by atoms with Gasteiger partial charge >= 0.3 is 6.03 Å². The Balaban J connectivity index is 1.32. The number of sulfonamides is 1. The molecule has 9 nitrogen and oxygen atoms in total. The van der Waals surface area contributed by atoms with E-state index in [1.54, 1.807) is 41.3 Å². The van der Waals surface area contributed by atoms with E-state index in [-0.39, 0.29) is 28.5 Å². The molecule has 3 N–H and O–H groups in total. The first kappa shape index (κ1) is 31.6. The predicted octanol–water partition coefficient (Wildman–Crippen LogP) is 6.00. The number of hydrogen-bond acceptors (Lipinski definition) is 7. The van der Waals surface area contributed by atoms with Crippen LogP contribution in [0.2, 0.25) is 0 Å². The van der Waals surface area contributed by atoms with Crippen LogP contribution >= 0.6 is 11.5 Å². The van der Waals surface area contributed by atoms with Crippen LogP contribution in [0.3, 0.4) is 0 Å². The number of nitrogens with zero attached hydrogens (tertiary/aromatic N) is 3. The normalized spacial score (nSPS) is 14.1. The van der Waals surface area contributed by atoms with Crippen molar-refractivity contribution in [2.75, 3.05) is 31.6 Å². The van der Waals surface area contributed by atoms with Gasteiger partial charge in [-0.2, -0.15) is 9.36 Å². The summed E-state index contributed by atoms with van der Waals surface area (Å²) in [6.45, 7) is 2.31. The molecule has 1 fully saturated rings. The maximum atomic E-state index is 13.7. The molecule has 0 saturated carbocycles. The van der Waals surface area contributed by atoms with Crippen molar-refractivity contribution in [1.82, 2.24) is 14.3 Å². The van der Waals surface area contributed by atoms with Crippen molar-refractivity contribution in [2.24, 2.45) is 11.1 Å². The number of nitrogens with one attached hydrogen (secondary N) is 1. The Bertz CT molecular complexity index is 1600. The molecule has 0 radical (unpaired) electrons. The van der Waals surface area contributed by atoms with Crippen molar-refractivity contribution in [2.45, 2.75) is 36.5 Å². The summed E-state index contributed by atoms with van der Waals surface area (Å²) in [5.41, 5.74) is 2.31. The molecule has 232 valence electrons. The van der Waals surface area contributed by atoms with Crippen LogP contribution in [0.1, 0.15) is 42.7 Å².